The Hall–Kier alpha value is -3.34. The molecule has 0 aliphatic carbocycles. The third-order valence-electron chi connectivity index (χ3n) is 5.41. The normalized spacial score (nSPS) is 13.7. The van der Waals surface area contributed by atoms with Gasteiger partial charge in [0.05, 0.1) is 16.8 Å². The van der Waals surface area contributed by atoms with Gasteiger partial charge in [-0.2, -0.15) is 13.2 Å². The molecule has 0 fully saturated rings. The maximum atomic E-state index is 14.4. The van der Waals surface area contributed by atoms with Crippen LogP contribution in [0, 0.1) is 5.82 Å². The number of benzene rings is 1. The summed E-state index contributed by atoms with van der Waals surface area (Å²) in [5, 5.41) is 8.02. The number of aliphatic imine (C=N–C) groups is 1. The van der Waals surface area contributed by atoms with Gasteiger partial charge >= 0.3 is 6.18 Å². The van der Waals surface area contributed by atoms with E-state index in [1.54, 1.807) is 6.92 Å². The van der Waals surface area contributed by atoms with Crippen molar-refractivity contribution in [3.05, 3.63) is 59.0 Å². The molecule has 35 heavy (non-hydrogen) atoms. The molecular weight excluding hydrogens is 482 g/mol. The van der Waals surface area contributed by atoms with E-state index < -0.39 is 31.0 Å². The van der Waals surface area contributed by atoms with Crippen molar-refractivity contribution in [3.8, 4) is 10.6 Å². The Balaban J connectivity index is 1.56. The summed E-state index contributed by atoms with van der Waals surface area (Å²) >= 11 is 1.50. The predicted octanol–water partition coefficient (Wildman–Crippen LogP) is 5.90. The Bertz CT molecular complexity index is 1260. The maximum absolute atomic E-state index is 14.4. The number of carbonyl (C=O) groups is 1. The molecule has 0 N–H and O–H groups in total. The molecule has 3 aromatic rings. The molecule has 0 saturated carbocycles. The van der Waals surface area contributed by atoms with Gasteiger partial charge in [-0.1, -0.05) is 24.6 Å². The molecule has 4 rings (SSSR count). The van der Waals surface area contributed by atoms with E-state index in [-0.39, 0.29) is 17.7 Å². The lowest BCUT2D eigenvalue weighted by molar-refractivity contribution is -0.132. The van der Waals surface area contributed by atoms with Crippen LogP contribution in [-0.2, 0) is 17.8 Å². The Morgan fingerprint density at radius 1 is 1.20 bits per heavy atom. The molecule has 0 saturated heterocycles. The average molecular weight is 506 g/mol. The third kappa shape index (κ3) is 6.02. The van der Waals surface area contributed by atoms with Crippen molar-refractivity contribution in [2.45, 2.75) is 45.3 Å². The molecule has 0 atom stereocenters. The van der Waals surface area contributed by atoms with Gasteiger partial charge in [0.25, 0.3) is 0 Å². The molecule has 1 amide bonds. The van der Waals surface area contributed by atoms with Crippen LogP contribution in [0.2, 0.25) is 0 Å². The fraction of sp³-hybridized carbons (Fsp3) is 0.333. The summed E-state index contributed by atoms with van der Waals surface area (Å²) < 4.78 is 55.7. The van der Waals surface area contributed by atoms with Crippen molar-refractivity contribution in [2.24, 2.45) is 4.99 Å². The number of thiophene rings is 1. The van der Waals surface area contributed by atoms with Gasteiger partial charge in [0, 0.05) is 22.9 Å². The summed E-state index contributed by atoms with van der Waals surface area (Å²) in [4.78, 5) is 19.6. The minimum Gasteiger partial charge on any atom is -0.301 e. The summed E-state index contributed by atoms with van der Waals surface area (Å²) in [7, 11) is 0. The van der Waals surface area contributed by atoms with Crippen LogP contribution in [0.1, 0.15) is 36.6 Å². The average Bonchev–Trinajstić information content (AvgIpc) is 3.49. The minimum atomic E-state index is -4.66. The number of amides is 1. The lowest BCUT2D eigenvalue weighted by Gasteiger charge is -2.26. The van der Waals surface area contributed by atoms with Gasteiger partial charge in [0.2, 0.25) is 5.91 Å². The molecule has 1 aliphatic rings. The van der Waals surface area contributed by atoms with E-state index in [1.165, 1.54) is 40.4 Å². The van der Waals surface area contributed by atoms with Crippen molar-refractivity contribution >= 4 is 34.7 Å². The number of nitrogens with zero attached hydrogens (tertiary/aromatic N) is 5. The molecule has 6 nitrogen and oxygen atoms in total. The van der Waals surface area contributed by atoms with Gasteiger partial charge in [0.1, 0.15) is 24.6 Å². The van der Waals surface area contributed by atoms with E-state index in [1.807, 2.05) is 24.5 Å². The number of aromatic nitrogens is 3. The molecule has 1 aliphatic heterocycles. The van der Waals surface area contributed by atoms with Crippen LogP contribution in [-0.4, -0.2) is 39.8 Å². The Kier molecular flexibility index (Phi) is 7.44. The fourth-order valence-corrected chi connectivity index (χ4v) is 4.83. The Morgan fingerprint density at radius 2 is 2.00 bits per heavy atom. The highest BCUT2D eigenvalue weighted by atomic mass is 32.1. The van der Waals surface area contributed by atoms with Gasteiger partial charge in [-0.25, -0.2) is 9.07 Å². The Labute approximate surface area is 203 Å². The standard InChI is InChI=1S/C24H23F4N5OS/c1-2-5-17-18(25)7-3-8-20(17)33(15-24(26,27)28)23(34)14-32-13-19(30-31-32)22-10-9-21(35-22)16-6-4-11-29-12-16/h3,7-13H,2,4-6,14-15H2,1H3. The predicted molar refractivity (Wildman–Crippen MR) is 128 cm³/mol. The number of halogens is 4. The smallest absolute Gasteiger partial charge is 0.301 e. The van der Waals surface area contributed by atoms with Crippen LogP contribution in [0.25, 0.3) is 16.1 Å². The number of rotatable bonds is 8. The Morgan fingerprint density at radius 3 is 2.71 bits per heavy atom. The highest BCUT2D eigenvalue weighted by Crippen LogP contribution is 2.33. The monoisotopic (exact) mass is 505 g/mol. The van der Waals surface area contributed by atoms with Gasteiger partial charge in [-0.05, 0) is 49.1 Å². The summed E-state index contributed by atoms with van der Waals surface area (Å²) in [5.74, 6) is -1.50. The van der Waals surface area contributed by atoms with Crippen molar-refractivity contribution in [3.63, 3.8) is 0 Å². The molecule has 1 aromatic carbocycles. The van der Waals surface area contributed by atoms with E-state index in [0.29, 0.717) is 17.0 Å². The first-order valence-electron chi connectivity index (χ1n) is 11.1. The highest BCUT2D eigenvalue weighted by Gasteiger charge is 2.35. The number of alkyl halides is 3. The number of allylic oxidation sites excluding steroid dienone is 1. The van der Waals surface area contributed by atoms with Crippen LogP contribution in [0.15, 0.2) is 47.7 Å². The number of anilines is 1. The lowest BCUT2D eigenvalue weighted by atomic mass is 10.1. The largest absolute Gasteiger partial charge is 0.406 e. The van der Waals surface area contributed by atoms with Crippen molar-refractivity contribution in [1.29, 1.82) is 0 Å². The lowest BCUT2D eigenvalue weighted by Crippen LogP contribution is -2.41. The zero-order valence-electron chi connectivity index (χ0n) is 18.9. The second-order valence-electron chi connectivity index (χ2n) is 8.07. The van der Waals surface area contributed by atoms with E-state index in [9.17, 15) is 22.4 Å². The van der Waals surface area contributed by atoms with Crippen LogP contribution in [0.5, 0.6) is 0 Å². The quantitative estimate of drug-likeness (QED) is 0.358. The number of hydrogen-bond donors (Lipinski definition) is 0. The van der Waals surface area contributed by atoms with E-state index in [2.05, 4.69) is 15.3 Å². The zero-order chi connectivity index (χ0) is 25.0. The summed E-state index contributed by atoms with van der Waals surface area (Å²) in [6.07, 6.45) is 3.02. The van der Waals surface area contributed by atoms with Gasteiger partial charge < -0.3 is 4.90 Å². The molecular formula is C24H23F4N5OS. The fourth-order valence-electron chi connectivity index (χ4n) is 3.83. The van der Waals surface area contributed by atoms with Gasteiger partial charge in [0.15, 0.2) is 0 Å². The maximum Gasteiger partial charge on any atom is 0.406 e. The number of hydrogen-bond acceptors (Lipinski definition) is 5. The second kappa shape index (κ2) is 10.5. The van der Waals surface area contributed by atoms with Crippen LogP contribution in [0.4, 0.5) is 23.2 Å². The molecule has 0 bridgehead atoms. The first-order chi connectivity index (χ1) is 16.7. The second-order valence-corrected chi connectivity index (χ2v) is 9.16. The van der Waals surface area contributed by atoms with Crippen LogP contribution < -0.4 is 4.90 Å². The summed E-state index contributed by atoms with van der Waals surface area (Å²) in [6.45, 7) is -0.209. The van der Waals surface area contributed by atoms with E-state index in [0.717, 1.165) is 28.2 Å². The first-order valence-corrected chi connectivity index (χ1v) is 11.9. The zero-order valence-corrected chi connectivity index (χ0v) is 19.7. The first kappa shape index (κ1) is 24.8. The van der Waals surface area contributed by atoms with Gasteiger partial charge in [-0.15, -0.1) is 16.4 Å². The van der Waals surface area contributed by atoms with Crippen molar-refractivity contribution in [1.82, 2.24) is 15.0 Å². The number of carbonyl (C=O) groups excluding carboxylic acids is 1. The minimum absolute atomic E-state index is 0.0826. The van der Waals surface area contributed by atoms with Crippen molar-refractivity contribution < 1.29 is 22.4 Å². The summed E-state index contributed by atoms with van der Waals surface area (Å²) in [5.41, 5.74) is 1.63. The molecule has 2 aromatic heterocycles. The van der Waals surface area contributed by atoms with Crippen LogP contribution in [0.3, 0.4) is 0 Å². The van der Waals surface area contributed by atoms with E-state index in [4.69, 9.17) is 0 Å². The molecule has 0 spiro atoms. The SMILES string of the molecule is CCCc1c(F)cccc1N(CC(F)(F)F)C(=O)Cn1cc(-c2ccc(C3=CN=CCC3)s2)nn1. The van der Waals surface area contributed by atoms with Gasteiger partial charge in [-0.3, -0.25) is 9.79 Å². The molecule has 0 unspecified atom stereocenters. The topological polar surface area (TPSA) is 63.4 Å². The molecule has 11 heteroatoms. The van der Waals surface area contributed by atoms with Crippen molar-refractivity contribution in [2.75, 3.05) is 11.4 Å². The highest BCUT2D eigenvalue weighted by molar-refractivity contribution is 7.16. The molecule has 0 radical (unpaired) electrons. The molecule has 184 valence electrons. The summed E-state index contributed by atoms with van der Waals surface area (Å²) in [6, 6.07) is 7.66. The van der Waals surface area contributed by atoms with Crippen LogP contribution >= 0.6 is 11.3 Å². The van der Waals surface area contributed by atoms with E-state index >= 15 is 0 Å². The molecule has 3 heterocycles. The third-order valence-corrected chi connectivity index (χ3v) is 6.60.